The number of aromatic nitrogens is 1. The Bertz CT molecular complexity index is 633. The number of hydrogen-bond acceptors (Lipinski definition) is 4. The van der Waals surface area contributed by atoms with Crippen LogP contribution in [0, 0.1) is 0 Å². The molecule has 0 fully saturated rings. The number of hydrogen-bond donors (Lipinski definition) is 2. The first-order valence-corrected chi connectivity index (χ1v) is 7.20. The molecule has 5 nitrogen and oxygen atoms in total. The van der Waals surface area contributed by atoms with Crippen LogP contribution in [0.4, 0.5) is 11.6 Å². The topological polar surface area (TPSA) is 67.2 Å². The Morgan fingerprint density at radius 2 is 2.10 bits per heavy atom. The summed E-state index contributed by atoms with van der Waals surface area (Å²) in [6.07, 6.45) is 2.95. The van der Waals surface area contributed by atoms with Crippen LogP contribution in [0.1, 0.15) is 36.1 Å². The van der Waals surface area contributed by atoms with E-state index in [0.29, 0.717) is 5.92 Å². The first kappa shape index (κ1) is 13.7. The van der Waals surface area contributed by atoms with Crippen molar-refractivity contribution in [3.63, 3.8) is 0 Å². The minimum Gasteiger partial charge on any atom is -0.357 e. The summed E-state index contributed by atoms with van der Waals surface area (Å²) in [6.45, 7) is 1.52. The van der Waals surface area contributed by atoms with Crippen LogP contribution < -0.4 is 10.6 Å². The molecular formula is C16H19N3O2. The lowest BCUT2D eigenvalue weighted by Gasteiger charge is -2.22. The molecular weight excluding hydrogens is 266 g/mol. The zero-order chi connectivity index (χ0) is 14.8. The fourth-order valence-corrected chi connectivity index (χ4v) is 2.93. The van der Waals surface area contributed by atoms with E-state index in [9.17, 15) is 4.79 Å². The lowest BCUT2D eigenvalue weighted by molar-refractivity contribution is -0.114. The van der Waals surface area contributed by atoms with Gasteiger partial charge >= 0.3 is 0 Å². The second-order valence-electron chi connectivity index (χ2n) is 5.43. The van der Waals surface area contributed by atoms with Gasteiger partial charge in [0.1, 0.15) is 0 Å². The van der Waals surface area contributed by atoms with E-state index in [0.717, 1.165) is 36.5 Å². The van der Waals surface area contributed by atoms with Gasteiger partial charge < -0.3 is 15.2 Å². The van der Waals surface area contributed by atoms with E-state index in [1.807, 2.05) is 19.2 Å². The second-order valence-corrected chi connectivity index (χ2v) is 5.43. The van der Waals surface area contributed by atoms with Crippen LogP contribution in [0.15, 0.2) is 28.8 Å². The number of nitrogens with zero attached hydrogens (tertiary/aromatic N) is 1. The summed E-state index contributed by atoms with van der Waals surface area (Å²) >= 11 is 0. The molecule has 0 saturated heterocycles. The summed E-state index contributed by atoms with van der Waals surface area (Å²) < 4.78 is 5.31. The molecule has 1 aromatic heterocycles. The number of aryl methyl sites for hydroxylation is 1. The lowest BCUT2D eigenvalue weighted by atomic mass is 9.82. The molecule has 1 atom stereocenters. The molecule has 0 bridgehead atoms. The van der Waals surface area contributed by atoms with Gasteiger partial charge in [0.2, 0.25) is 11.8 Å². The average Bonchev–Trinajstić information content (AvgIpc) is 2.89. The average molecular weight is 285 g/mol. The first-order chi connectivity index (χ1) is 10.2. The van der Waals surface area contributed by atoms with Gasteiger partial charge in [-0.2, -0.15) is 0 Å². The summed E-state index contributed by atoms with van der Waals surface area (Å²) in [5.74, 6) is 1.20. The van der Waals surface area contributed by atoms with Crippen LogP contribution in [-0.2, 0) is 17.6 Å². The highest BCUT2D eigenvalue weighted by Crippen LogP contribution is 2.36. The summed E-state index contributed by atoms with van der Waals surface area (Å²) in [5, 5.41) is 9.97. The van der Waals surface area contributed by atoms with Crippen molar-refractivity contribution in [2.45, 2.75) is 32.1 Å². The lowest BCUT2D eigenvalue weighted by Crippen LogP contribution is -2.13. The molecule has 5 heteroatoms. The SMILES string of the molecule is CNc1onc2c1CC(c1ccc(NC(C)=O)cc1)CC2. The van der Waals surface area contributed by atoms with Crippen LogP contribution in [0.25, 0.3) is 0 Å². The third kappa shape index (κ3) is 2.77. The number of carbonyl (C=O) groups excluding carboxylic acids is 1. The molecule has 2 N–H and O–H groups in total. The number of benzene rings is 1. The van der Waals surface area contributed by atoms with Gasteiger partial charge in [-0.05, 0) is 42.9 Å². The molecule has 21 heavy (non-hydrogen) atoms. The smallest absolute Gasteiger partial charge is 0.227 e. The highest BCUT2D eigenvalue weighted by molar-refractivity contribution is 5.88. The molecule has 0 spiro atoms. The maximum absolute atomic E-state index is 11.0. The van der Waals surface area contributed by atoms with Crippen LogP contribution in [0.3, 0.4) is 0 Å². The molecule has 1 aliphatic carbocycles. The zero-order valence-electron chi connectivity index (χ0n) is 12.3. The number of nitrogens with one attached hydrogen (secondary N) is 2. The third-order valence-electron chi connectivity index (χ3n) is 3.98. The number of amides is 1. The van der Waals surface area contributed by atoms with Crippen molar-refractivity contribution in [1.29, 1.82) is 0 Å². The van der Waals surface area contributed by atoms with Gasteiger partial charge in [-0.3, -0.25) is 4.79 Å². The quantitative estimate of drug-likeness (QED) is 0.910. The molecule has 1 amide bonds. The van der Waals surface area contributed by atoms with E-state index in [2.05, 4.69) is 27.9 Å². The van der Waals surface area contributed by atoms with Crippen molar-refractivity contribution in [1.82, 2.24) is 5.16 Å². The first-order valence-electron chi connectivity index (χ1n) is 7.20. The molecule has 1 heterocycles. The maximum Gasteiger partial charge on any atom is 0.227 e. The van der Waals surface area contributed by atoms with Crippen molar-refractivity contribution >= 4 is 17.5 Å². The van der Waals surface area contributed by atoms with Gasteiger partial charge in [-0.25, -0.2) is 0 Å². The van der Waals surface area contributed by atoms with E-state index in [1.165, 1.54) is 18.1 Å². The minimum atomic E-state index is -0.0480. The monoisotopic (exact) mass is 285 g/mol. The number of rotatable bonds is 3. The standard InChI is InChI=1S/C16H19N3O2/c1-10(20)18-13-6-3-11(4-7-13)12-5-8-15-14(9-12)16(17-2)21-19-15/h3-4,6-7,12,17H,5,8-9H2,1-2H3,(H,18,20). The van der Waals surface area contributed by atoms with Crippen molar-refractivity contribution < 1.29 is 9.32 Å². The highest BCUT2D eigenvalue weighted by Gasteiger charge is 2.26. The van der Waals surface area contributed by atoms with Crippen molar-refractivity contribution in [2.75, 3.05) is 17.7 Å². The van der Waals surface area contributed by atoms with Crippen molar-refractivity contribution in [3.8, 4) is 0 Å². The van der Waals surface area contributed by atoms with E-state index < -0.39 is 0 Å². The number of fused-ring (bicyclic) bond motifs is 1. The van der Waals surface area contributed by atoms with Crippen LogP contribution >= 0.6 is 0 Å². The Hall–Kier alpha value is -2.30. The highest BCUT2D eigenvalue weighted by atomic mass is 16.5. The van der Waals surface area contributed by atoms with Crippen LogP contribution in [-0.4, -0.2) is 18.1 Å². The van der Waals surface area contributed by atoms with Gasteiger partial charge in [0.05, 0.1) is 5.69 Å². The molecule has 1 aliphatic rings. The predicted molar refractivity (Wildman–Crippen MR) is 81.6 cm³/mol. The molecule has 1 aromatic carbocycles. The van der Waals surface area contributed by atoms with Gasteiger partial charge in [0.15, 0.2) is 0 Å². The molecule has 2 aromatic rings. The van der Waals surface area contributed by atoms with Gasteiger partial charge in [0.25, 0.3) is 0 Å². The Labute approximate surface area is 123 Å². The Morgan fingerprint density at radius 3 is 2.76 bits per heavy atom. The second kappa shape index (κ2) is 5.60. The Balaban J connectivity index is 1.77. The molecule has 0 radical (unpaired) electrons. The summed E-state index contributed by atoms with van der Waals surface area (Å²) in [7, 11) is 1.85. The van der Waals surface area contributed by atoms with Crippen LogP contribution in [0.5, 0.6) is 0 Å². The fraction of sp³-hybridized carbons (Fsp3) is 0.375. The minimum absolute atomic E-state index is 0.0480. The Kier molecular flexibility index (Phi) is 3.64. The van der Waals surface area contributed by atoms with Gasteiger partial charge in [-0.15, -0.1) is 0 Å². The molecule has 0 aliphatic heterocycles. The third-order valence-corrected chi connectivity index (χ3v) is 3.98. The van der Waals surface area contributed by atoms with E-state index in [-0.39, 0.29) is 5.91 Å². The molecule has 3 rings (SSSR count). The summed E-state index contributed by atoms with van der Waals surface area (Å²) in [5.41, 5.74) is 4.40. The van der Waals surface area contributed by atoms with Crippen molar-refractivity contribution in [2.24, 2.45) is 0 Å². The fourth-order valence-electron chi connectivity index (χ4n) is 2.93. The normalized spacial score (nSPS) is 17.1. The van der Waals surface area contributed by atoms with E-state index >= 15 is 0 Å². The molecule has 1 unspecified atom stereocenters. The van der Waals surface area contributed by atoms with Gasteiger partial charge in [-0.1, -0.05) is 17.3 Å². The van der Waals surface area contributed by atoms with Crippen molar-refractivity contribution in [3.05, 3.63) is 41.1 Å². The summed E-state index contributed by atoms with van der Waals surface area (Å²) in [4.78, 5) is 11.0. The largest absolute Gasteiger partial charge is 0.357 e. The zero-order valence-corrected chi connectivity index (χ0v) is 12.3. The van der Waals surface area contributed by atoms with E-state index in [1.54, 1.807) is 0 Å². The maximum atomic E-state index is 11.0. The molecule has 110 valence electrons. The number of anilines is 2. The number of carbonyl (C=O) groups is 1. The predicted octanol–water partition coefficient (Wildman–Crippen LogP) is 2.95. The summed E-state index contributed by atoms with van der Waals surface area (Å²) in [6, 6.07) is 8.10. The van der Waals surface area contributed by atoms with Gasteiger partial charge in [0, 0.05) is 25.2 Å². The Morgan fingerprint density at radius 1 is 1.33 bits per heavy atom. The molecule has 0 saturated carbocycles. The van der Waals surface area contributed by atoms with E-state index in [4.69, 9.17) is 4.52 Å². The van der Waals surface area contributed by atoms with Crippen LogP contribution in [0.2, 0.25) is 0 Å².